The highest BCUT2D eigenvalue weighted by Crippen LogP contribution is 2.38. The second-order valence-electron chi connectivity index (χ2n) is 17.6. The van der Waals surface area contributed by atoms with Gasteiger partial charge >= 0.3 is 0 Å². The molecule has 2 aromatic carbocycles. The SMILES string of the molecule is CC[C@H](O[Si](c1ccccc1)(c1ccccc1)C(C)(C)C)C(=O)/C=C/CCC[C@@H]1NC(=O)[C@H]2CCCN2C(=O)[C@H](CC2CCCCC2)NC(=O)[C@](C)(CC)NC1=O. The monoisotopic (exact) mass is 798 g/mol. The van der Waals surface area contributed by atoms with Crippen molar-refractivity contribution in [3.05, 3.63) is 72.8 Å². The van der Waals surface area contributed by atoms with E-state index in [0.717, 1.165) is 36.1 Å². The standard InChI is InChI=1S/C46H66N4O6Si/c1-7-40(56-57(45(3,4)5,34-24-15-10-16-25-34)35-26-17-11-18-27-35)39(51)30-20-12-19-28-36-41(52)49-46(6,8-2)44(55)48-37(32-33-22-13-9-14-23-33)43(54)50-31-21-29-38(50)42(53)47-36/h10-11,15-18,20,24-27,30,33,36-38,40H,7-9,12-14,19,21-23,28-29,31-32H2,1-6H3,(H,47,53)(H,48,55)(H,49,52)/b30-20+/t36-,37-,38+,40-,46-/m0/s1. The summed E-state index contributed by atoms with van der Waals surface area (Å²) in [5.41, 5.74) is -1.28. The number of amides is 4. The smallest absolute Gasteiger partial charge is 0.262 e. The molecule has 0 unspecified atom stereocenters. The molecule has 3 fully saturated rings. The molecule has 0 spiro atoms. The summed E-state index contributed by atoms with van der Waals surface area (Å²) >= 11 is 0. The van der Waals surface area contributed by atoms with Crippen molar-refractivity contribution >= 4 is 48.1 Å². The summed E-state index contributed by atoms with van der Waals surface area (Å²) in [6, 6.07) is 18.2. The van der Waals surface area contributed by atoms with Gasteiger partial charge in [-0.2, -0.15) is 0 Å². The third-order valence-electron chi connectivity index (χ3n) is 12.5. The van der Waals surface area contributed by atoms with E-state index >= 15 is 0 Å². The number of hydrogen-bond donors (Lipinski definition) is 3. The van der Waals surface area contributed by atoms with Gasteiger partial charge < -0.3 is 25.3 Å². The molecule has 2 heterocycles. The summed E-state index contributed by atoms with van der Waals surface area (Å²) in [5, 5.41) is 10.9. The van der Waals surface area contributed by atoms with Crippen molar-refractivity contribution in [3.63, 3.8) is 0 Å². The normalized spacial score (nSPS) is 24.9. The third-order valence-corrected chi connectivity index (χ3v) is 17.6. The van der Waals surface area contributed by atoms with Crippen molar-refractivity contribution in [3.8, 4) is 0 Å². The van der Waals surface area contributed by atoms with E-state index in [4.69, 9.17) is 4.43 Å². The van der Waals surface area contributed by atoms with E-state index in [-0.39, 0.29) is 35.0 Å². The molecule has 1 aliphatic carbocycles. The van der Waals surface area contributed by atoms with Crippen LogP contribution in [0.15, 0.2) is 72.8 Å². The van der Waals surface area contributed by atoms with Crippen LogP contribution in [0.5, 0.6) is 0 Å². The fourth-order valence-corrected chi connectivity index (χ4v) is 13.7. The number of nitrogens with zero attached hydrogens (tertiary/aromatic N) is 1. The van der Waals surface area contributed by atoms with E-state index in [1.54, 1.807) is 17.9 Å². The van der Waals surface area contributed by atoms with Crippen LogP contribution in [0.1, 0.15) is 125 Å². The Hall–Kier alpha value is -4.09. The van der Waals surface area contributed by atoms with Gasteiger partial charge in [-0.25, -0.2) is 0 Å². The molecule has 3 N–H and O–H groups in total. The number of rotatable bonds is 14. The van der Waals surface area contributed by atoms with Crippen molar-refractivity contribution in [2.75, 3.05) is 6.54 Å². The Labute approximate surface area is 341 Å². The molecule has 2 saturated heterocycles. The Morgan fingerprint density at radius 2 is 1.51 bits per heavy atom. The van der Waals surface area contributed by atoms with Gasteiger partial charge in [0.05, 0.1) is 0 Å². The molecule has 2 aromatic rings. The fourth-order valence-electron chi connectivity index (χ4n) is 8.99. The molecule has 0 bridgehead atoms. The van der Waals surface area contributed by atoms with Gasteiger partial charge in [-0.3, -0.25) is 24.0 Å². The van der Waals surface area contributed by atoms with Gasteiger partial charge in [0, 0.05) is 6.54 Å². The lowest BCUT2D eigenvalue weighted by Crippen LogP contribution is -2.68. The number of carbonyl (C=O) groups excluding carboxylic acids is 5. The lowest BCUT2D eigenvalue weighted by Gasteiger charge is -2.44. The molecule has 4 amide bonds. The minimum absolute atomic E-state index is 0.111. The minimum atomic E-state index is -2.95. The van der Waals surface area contributed by atoms with Crippen LogP contribution in [0.2, 0.25) is 5.04 Å². The zero-order valence-corrected chi connectivity index (χ0v) is 36.1. The molecule has 10 nitrogen and oxygen atoms in total. The number of allylic oxidation sites excluding steroid dienone is 1. The highest BCUT2D eigenvalue weighted by molar-refractivity contribution is 6.99. The summed E-state index contributed by atoms with van der Waals surface area (Å²) in [4.78, 5) is 71.2. The zero-order chi connectivity index (χ0) is 41.2. The summed E-state index contributed by atoms with van der Waals surface area (Å²) in [6.07, 6.45) is 12.0. The molecular formula is C46H66N4O6Si. The number of benzene rings is 2. The van der Waals surface area contributed by atoms with Gasteiger partial charge in [0.1, 0.15) is 29.8 Å². The van der Waals surface area contributed by atoms with Crippen molar-refractivity contribution < 1.29 is 28.4 Å². The third kappa shape index (κ3) is 10.3. The van der Waals surface area contributed by atoms with Crippen LogP contribution in [0, 0.1) is 5.92 Å². The molecule has 0 aromatic heterocycles. The molecule has 0 radical (unpaired) electrons. The van der Waals surface area contributed by atoms with E-state index in [2.05, 4.69) is 61.0 Å². The van der Waals surface area contributed by atoms with Crippen LogP contribution >= 0.6 is 0 Å². The first-order valence-electron chi connectivity index (χ1n) is 21.5. The minimum Gasteiger partial charge on any atom is -0.397 e. The second-order valence-corrected chi connectivity index (χ2v) is 21.9. The Balaban J connectivity index is 1.29. The number of carbonyl (C=O) groups is 5. The second kappa shape index (κ2) is 19.6. The van der Waals surface area contributed by atoms with Gasteiger partial charge in [0.2, 0.25) is 23.6 Å². The maximum absolute atomic E-state index is 14.1. The molecule has 310 valence electrons. The summed E-state index contributed by atoms with van der Waals surface area (Å²) < 4.78 is 7.13. The van der Waals surface area contributed by atoms with E-state index < -0.39 is 44.0 Å². The van der Waals surface area contributed by atoms with Gasteiger partial charge in [0.25, 0.3) is 8.32 Å². The molecule has 3 aliphatic rings. The van der Waals surface area contributed by atoms with Gasteiger partial charge in [0.15, 0.2) is 5.78 Å². The van der Waals surface area contributed by atoms with Gasteiger partial charge in [-0.15, -0.1) is 0 Å². The number of nitrogens with one attached hydrogen (secondary N) is 3. The Kier molecular flexibility index (Phi) is 15.1. The molecule has 1 saturated carbocycles. The van der Waals surface area contributed by atoms with Crippen LogP contribution in [0.4, 0.5) is 0 Å². The van der Waals surface area contributed by atoms with Crippen LogP contribution in [0.3, 0.4) is 0 Å². The van der Waals surface area contributed by atoms with Crippen LogP contribution in [-0.4, -0.2) is 78.9 Å². The maximum atomic E-state index is 14.1. The summed E-state index contributed by atoms with van der Waals surface area (Å²) in [6.45, 7) is 12.5. The molecule has 2 aliphatic heterocycles. The average molecular weight is 799 g/mol. The van der Waals surface area contributed by atoms with E-state index in [1.807, 2.05) is 56.3 Å². The summed E-state index contributed by atoms with van der Waals surface area (Å²) in [7, 11) is -2.95. The number of unbranched alkanes of at least 4 members (excludes halogenated alkanes) is 1. The lowest BCUT2D eigenvalue weighted by atomic mass is 9.84. The average Bonchev–Trinajstić information content (AvgIpc) is 3.71. The number of fused-ring (bicyclic) bond motifs is 1. The van der Waals surface area contributed by atoms with Crippen LogP contribution in [-0.2, 0) is 28.4 Å². The quantitative estimate of drug-likeness (QED) is 0.125. The molecular weight excluding hydrogens is 733 g/mol. The van der Waals surface area contributed by atoms with E-state index in [1.165, 1.54) is 6.42 Å². The van der Waals surface area contributed by atoms with Crippen LogP contribution in [0.25, 0.3) is 0 Å². The Morgan fingerprint density at radius 3 is 2.09 bits per heavy atom. The largest absolute Gasteiger partial charge is 0.397 e. The molecule has 57 heavy (non-hydrogen) atoms. The fraction of sp³-hybridized carbons (Fsp3) is 0.587. The molecule has 11 heteroatoms. The number of ketones is 1. The Morgan fingerprint density at radius 1 is 0.877 bits per heavy atom. The van der Waals surface area contributed by atoms with Crippen molar-refractivity contribution in [2.45, 2.75) is 160 Å². The van der Waals surface area contributed by atoms with Crippen molar-refractivity contribution in [1.82, 2.24) is 20.9 Å². The predicted octanol–water partition coefficient (Wildman–Crippen LogP) is 5.87. The predicted molar refractivity (Wildman–Crippen MR) is 227 cm³/mol. The lowest BCUT2D eigenvalue weighted by molar-refractivity contribution is -0.145. The zero-order valence-electron chi connectivity index (χ0n) is 35.1. The highest BCUT2D eigenvalue weighted by atomic mass is 28.4. The highest BCUT2D eigenvalue weighted by Gasteiger charge is 2.52. The topological polar surface area (TPSA) is 134 Å². The van der Waals surface area contributed by atoms with E-state index in [0.29, 0.717) is 57.4 Å². The van der Waals surface area contributed by atoms with Crippen LogP contribution < -0.4 is 26.3 Å². The summed E-state index contributed by atoms with van der Waals surface area (Å²) in [5.74, 6) is -1.17. The molecule has 5 atom stereocenters. The first-order chi connectivity index (χ1) is 27.2. The van der Waals surface area contributed by atoms with E-state index in [9.17, 15) is 24.0 Å². The van der Waals surface area contributed by atoms with Gasteiger partial charge in [-0.1, -0.05) is 133 Å². The first-order valence-corrected chi connectivity index (χ1v) is 23.4. The maximum Gasteiger partial charge on any atom is 0.262 e. The Bertz CT molecular complexity index is 1680. The first kappa shape index (κ1) is 44.0. The number of hydrogen-bond acceptors (Lipinski definition) is 6. The van der Waals surface area contributed by atoms with Gasteiger partial charge in [-0.05, 0) is 85.7 Å². The molecule has 5 rings (SSSR count). The van der Waals surface area contributed by atoms with Crippen molar-refractivity contribution in [1.29, 1.82) is 0 Å². The van der Waals surface area contributed by atoms with Crippen molar-refractivity contribution in [2.24, 2.45) is 5.92 Å².